The fourth-order valence-electron chi connectivity index (χ4n) is 0. The molecule has 9 heteroatoms. The van der Waals surface area contributed by atoms with E-state index < -0.39 is 10.2 Å². The van der Waals surface area contributed by atoms with Crippen LogP contribution in [0.25, 0.3) is 0 Å². The molecular formula is H2N2NiO6. The Bertz CT molecular complexity index is 69.1. The fourth-order valence-corrected chi connectivity index (χ4v) is 0. The van der Waals surface area contributed by atoms with Gasteiger partial charge in [0.2, 0.25) is 0 Å². The SMILES string of the molecule is O=[N+]([O-])O.O=[N+]([O-])O.[Ni]. The summed E-state index contributed by atoms with van der Waals surface area (Å²) >= 11 is 0. The topological polar surface area (TPSA) is 127 Å². The monoisotopic (exact) mass is 184 g/mol. The van der Waals surface area contributed by atoms with Crippen LogP contribution in [0.5, 0.6) is 0 Å². The van der Waals surface area contributed by atoms with Gasteiger partial charge in [0.1, 0.15) is 0 Å². The van der Waals surface area contributed by atoms with Crippen molar-refractivity contribution in [2.45, 2.75) is 0 Å². The zero-order valence-electron chi connectivity index (χ0n) is 3.74. The van der Waals surface area contributed by atoms with Crippen LogP contribution in [0.15, 0.2) is 0 Å². The fraction of sp³-hybridized carbons (Fsp3) is 0. The summed E-state index contributed by atoms with van der Waals surface area (Å²) in [6.07, 6.45) is 0. The average molecular weight is 185 g/mol. The Balaban J connectivity index is -0.0000000720. The third-order valence-corrected chi connectivity index (χ3v) is 0. The summed E-state index contributed by atoms with van der Waals surface area (Å²) in [5.74, 6) is 0. The molecule has 0 radical (unpaired) electrons. The molecule has 0 unspecified atom stereocenters. The molecule has 9 heavy (non-hydrogen) atoms. The van der Waals surface area contributed by atoms with E-state index in [0.29, 0.717) is 0 Å². The van der Waals surface area contributed by atoms with Gasteiger partial charge in [0.05, 0.1) is 0 Å². The molecule has 0 aromatic carbocycles. The van der Waals surface area contributed by atoms with Crippen LogP contribution in [-0.2, 0) is 16.5 Å². The standard InChI is InChI=1S/2HNO3.Ni/c2*2-1(3)4;/h2*(H,2,3,4);. The number of rotatable bonds is 0. The molecule has 0 atom stereocenters. The van der Waals surface area contributed by atoms with Gasteiger partial charge < -0.3 is 10.4 Å². The molecule has 0 rings (SSSR count). The molecule has 0 spiro atoms. The number of nitrogens with zero attached hydrogens (tertiary/aromatic N) is 2. The molecule has 0 aliphatic rings. The van der Waals surface area contributed by atoms with Gasteiger partial charge in [-0.2, -0.15) is 0 Å². The minimum absolute atomic E-state index is 0. The average Bonchev–Trinajstić information content (AvgIpc) is 1.25. The van der Waals surface area contributed by atoms with Crippen LogP contribution in [0.3, 0.4) is 0 Å². The quantitative estimate of drug-likeness (QED) is 0.291. The molecule has 0 aromatic rings. The van der Waals surface area contributed by atoms with E-state index >= 15 is 0 Å². The van der Waals surface area contributed by atoms with Gasteiger partial charge in [-0.3, -0.25) is 0 Å². The smallest absolute Gasteiger partial charge is 0.291 e. The first-order chi connectivity index (χ1) is 3.46. The van der Waals surface area contributed by atoms with Crippen molar-refractivity contribution in [2.24, 2.45) is 0 Å². The van der Waals surface area contributed by atoms with Crippen LogP contribution in [0.4, 0.5) is 0 Å². The summed E-state index contributed by atoms with van der Waals surface area (Å²) in [5, 5.41) is 27.3. The first-order valence-corrected chi connectivity index (χ1v) is 1.13. The van der Waals surface area contributed by atoms with Crippen LogP contribution >= 0.6 is 0 Å². The molecule has 0 heterocycles. The van der Waals surface area contributed by atoms with Crippen LogP contribution in [0.2, 0.25) is 0 Å². The maximum absolute atomic E-state index is 8.36. The van der Waals surface area contributed by atoms with Crippen molar-refractivity contribution in [3.63, 3.8) is 0 Å². The molecular weight excluding hydrogens is 183 g/mol. The van der Waals surface area contributed by atoms with Gasteiger partial charge in [0, 0.05) is 16.5 Å². The minimum Gasteiger partial charge on any atom is -0.328 e. The van der Waals surface area contributed by atoms with Crippen LogP contribution in [0.1, 0.15) is 0 Å². The first-order valence-electron chi connectivity index (χ1n) is 1.13. The Morgan fingerprint density at radius 3 is 1.00 bits per heavy atom. The van der Waals surface area contributed by atoms with Gasteiger partial charge in [-0.15, -0.1) is 20.2 Å². The van der Waals surface area contributed by atoms with Gasteiger partial charge in [-0.05, 0) is 0 Å². The molecule has 0 fully saturated rings. The summed E-state index contributed by atoms with van der Waals surface area (Å²) < 4.78 is 0. The largest absolute Gasteiger partial charge is 0.328 e. The zero-order chi connectivity index (χ0) is 7.15. The van der Waals surface area contributed by atoms with E-state index in [4.69, 9.17) is 30.6 Å². The van der Waals surface area contributed by atoms with E-state index in [1.165, 1.54) is 0 Å². The van der Waals surface area contributed by atoms with Crippen LogP contribution < -0.4 is 0 Å². The van der Waals surface area contributed by atoms with Gasteiger partial charge in [0.15, 0.2) is 0 Å². The Labute approximate surface area is 58.2 Å². The van der Waals surface area contributed by atoms with Crippen molar-refractivity contribution in [1.29, 1.82) is 0 Å². The van der Waals surface area contributed by atoms with E-state index in [1.807, 2.05) is 0 Å². The Kier molecular flexibility index (Phi) is 17.4. The van der Waals surface area contributed by atoms with Crippen molar-refractivity contribution in [2.75, 3.05) is 0 Å². The Morgan fingerprint density at radius 1 is 1.00 bits per heavy atom. The van der Waals surface area contributed by atoms with Gasteiger partial charge in [0.25, 0.3) is 10.2 Å². The summed E-state index contributed by atoms with van der Waals surface area (Å²) in [5.41, 5.74) is 0. The summed E-state index contributed by atoms with van der Waals surface area (Å²) in [6.45, 7) is 0. The second kappa shape index (κ2) is 10.00. The van der Waals surface area contributed by atoms with Crippen molar-refractivity contribution in [3.8, 4) is 0 Å². The van der Waals surface area contributed by atoms with Crippen molar-refractivity contribution >= 4 is 0 Å². The predicted molar refractivity (Wildman–Crippen MR) is 17.6 cm³/mol. The van der Waals surface area contributed by atoms with E-state index in [1.54, 1.807) is 0 Å². The van der Waals surface area contributed by atoms with Crippen LogP contribution in [0, 0.1) is 20.2 Å². The molecule has 0 saturated carbocycles. The van der Waals surface area contributed by atoms with E-state index in [0.717, 1.165) is 0 Å². The zero-order valence-corrected chi connectivity index (χ0v) is 4.73. The maximum Gasteiger partial charge on any atom is 0.291 e. The molecule has 58 valence electrons. The van der Waals surface area contributed by atoms with E-state index in [2.05, 4.69) is 0 Å². The van der Waals surface area contributed by atoms with Gasteiger partial charge >= 0.3 is 0 Å². The molecule has 2 N–H and O–H groups in total. The maximum atomic E-state index is 8.36. The second-order valence-electron chi connectivity index (χ2n) is 0.476. The summed E-state index contributed by atoms with van der Waals surface area (Å²) in [4.78, 5) is 16.7. The third-order valence-electron chi connectivity index (χ3n) is 0. The van der Waals surface area contributed by atoms with Crippen molar-refractivity contribution in [1.82, 2.24) is 0 Å². The molecule has 0 aliphatic heterocycles. The molecule has 0 bridgehead atoms. The number of hydrogen-bond acceptors (Lipinski definition) is 4. The molecule has 0 aliphatic carbocycles. The second-order valence-corrected chi connectivity index (χ2v) is 0.476. The van der Waals surface area contributed by atoms with Crippen molar-refractivity contribution < 1.29 is 37.1 Å². The van der Waals surface area contributed by atoms with Crippen LogP contribution in [-0.4, -0.2) is 20.6 Å². The molecule has 0 aromatic heterocycles. The predicted octanol–water partition coefficient (Wildman–Crippen LogP) is -0.698. The molecule has 0 amide bonds. The van der Waals surface area contributed by atoms with E-state index in [-0.39, 0.29) is 16.5 Å². The Morgan fingerprint density at radius 2 is 1.00 bits per heavy atom. The van der Waals surface area contributed by atoms with Gasteiger partial charge in [-0.25, -0.2) is 0 Å². The van der Waals surface area contributed by atoms with Crippen molar-refractivity contribution in [3.05, 3.63) is 20.2 Å². The summed E-state index contributed by atoms with van der Waals surface area (Å²) in [6, 6.07) is 0. The molecule has 8 nitrogen and oxygen atoms in total. The van der Waals surface area contributed by atoms with Gasteiger partial charge in [-0.1, -0.05) is 0 Å². The number of hydrogen-bond donors (Lipinski definition) is 2. The third kappa shape index (κ3) is 135. The molecule has 0 saturated heterocycles. The Hall–Kier alpha value is -1.11. The normalized spacial score (nSPS) is 5.33. The summed E-state index contributed by atoms with van der Waals surface area (Å²) in [7, 11) is 0. The first kappa shape index (κ1) is 15.7. The van der Waals surface area contributed by atoms with E-state index in [9.17, 15) is 0 Å². The minimum atomic E-state index is -1.50.